The average Bonchev–Trinajstić information content (AvgIpc) is 3.49. The highest BCUT2D eigenvalue weighted by Crippen LogP contribution is 2.32. The second kappa shape index (κ2) is 6.57. The summed E-state index contributed by atoms with van der Waals surface area (Å²) in [5, 5.41) is -0.150. The first-order chi connectivity index (χ1) is 12.5. The molecule has 26 heavy (non-hydrogen) atoms. The fraction of sp³-hybridized carbons (Fsp3) is 0.263. The van der Waals surface area contributed by atoms with Gasteiger partial charge in [-0.3, -0.25) is 4.98 Å². The third-order valence-corrected chi connectivity index (χ3v) is 6.50. The van der Waals surface area contributed by atoms with Gasteiger partial charge in [0.25, 0.3) is 0 Å². The van der Waals surface area contributed by atoms with Crippen LogP contribution in [0, 0.1) is 0 Å². The van der Waals surface area contributed by atoms with Crippen LogP contribution in [0.4, 0.5) is 0 Å². The highest BCUT2D eigenvalue weighted by molar-refractivity contribution is 7.91. The third kappa shape index (κ3) is 3.48. The maximum absolute atomic E-state index is 12.1. The predicted octanol–water partition coefficient (Wildman–Crippen LogP) is 3.51. The molecule has 0 aliphatic heterocycles. The van der Waals surface area contributed by atoms with Crippen LogP contribution in [0.5, 0.6) is 17.4 Å². The Morgan fingerprint density at radius 1 is 1.08 bits per heavy atom. The summed E-state index contributed by atoms with van der Waals surface area (Å²) in [4.78, 5) is 8.66. The van der Waals surface area contributed by atoms with Crippen molar-refractivity contribution in [3.05, 3.63) is 54.2 Å². The van der Waals surface area contributed by atoms with E-state index < -0.39 is 9.84 Å². The maximum atomic E-state index is 12.1. The standard InChI is InChI=1S/C19H18N2O4S/c1-24-18-9-8-16-19(21-18)17(10-11-20-16)25-14-4-2-13(3-5-14)12-26(22,23)15-6-7-15/h2-5,8-11,15H,6-7,12H2,1H3. The number of fused-ring (bicyclic) bond motifs is 1. The summed E-state index contributed by atoms with van der Waals surface area (Å²) in [7, 11) is -1.47. The van der Waals surface area contributed by atoms with Crippen LogP contribution in [0.25, 0.3) is 11.0 Å². The lowest BCUT2D eigenvalue weighted by Gasteiger charge is -2.09. The molecule has 2 aromatic heterocycles. The maximum Gasteiger partial charge on any atom is 0.213 e. The number of hydrogen-bond donors (Lipinski definition) is 0. The van der Waals surface area contributed by atoms with E-state index in [0.29, 0.717) is 28.4 Å². The Labute approximate surface area is 151 Å². The number of methoxy groups -OCH3 is 1. The van der Waals surface area contributed by atoms with Crippen molar-refractivity contribution in [2.24, 2.45) is 0 Å². The molecule has 0 spiro atoms. The smallest absolute Gasteiger partial charge is 0.213 e. The van der Waals surface area contributed by atoms with Crippen LogP contribution in [-0.4, -0.2) is 30.7 Å². The molecule has 1 aliphatic rings. The van der Waals surface area contributed by atoms with E-state index in [4.69, 9.17) is 9.47 Å². The monoisotopic (exact) mass is 370 g/mol. The number of aromatic nitrogens is 2. The molecule has 0 unspecified atom stereocenters. The number of pyridine rings is 2. The largest absolute Gasteiger partial charge is 0.481 e. The number of ether oxygens (including phenoxy) is 2. The first-order valence-electron chi connectivity index (χ1n) is 8.33. The first-order valence-corrected chi connectivity index (χ1v) is 10.0. The molecule has 3 aromatic rings. The molecule has 0 amide bonds. The molecule has 4 rings (SSSR count). The van der Waals surface area contributed by atoms with Crippen LogP contribution in [0.3, 0.4) is 0 Å². The highest BCUT2D eigenvalue weighted by Gasteiger charge is 2.35. The van der Waals surface area contributed by atoms with Gasteiger partial charge in [0.15, 0.2) is 15.6 Å². The van der Waals surface area contributed by atoms with Crippen molar-refractivity contribution in [3.63, 3.8) is 0 Å². The molecule has 7 heteroatoms. The minimum absolute atomic E-state index is 0.0783. The van der Waals surface area contributed by atoms with Gasteiger partial charge >= 0.3 is 0 Å². The quantitative estimate of drug-likeness (QED) is 0.661. The minimum Gasteiger partial charge on any atom is -0.481 e. The van der Waals surface area contributed by atoms with Crippen molar-refractivity contribution in [1.82, 2.24) is 9.97 Å². The van der Waals surface area contributed by atoms with Crippen molar-refractivity contribution >= 4 is 20.9 Å². The Hall–Kier alpha value is -2.67. The Morgan fingerprint density at radius 2 is 1.85 bits per heavy atom. The number of benzene rings is 1. The molecule has 1 aromatic carbocycles. The zero-order valence-electron chi connectivity index (χ0n) is 14.3. The zero-order chi connectivity index (χ0) is 18.1. The third-order valence-electron chi connectivity index (χ3n) is 4.28. The Bertz CT molecular complexity index is 1040. The molecular weight excluding hydrogens is 352 g/mol. The van der Waals surface area contributed by atoms with E-state index in [1.165, 1.54) is 0 Å². The molecule has 1 aliphatic carbocycles. The van der Waals surface area contributed by atoms with Gasteiger partial charge in [-0.15, -0.1) is 0 Å². The summed E-state index contributed by atoms with van der Waals surface area (Å²) >= 11 is 0. The van der Waals surface area contributed by atoms with Gasteiger partial charge < -0.3 is 9.47 Å². The zero-order valence-corrected chi connectivity index (χ0v) is 15.1. The molecule has 1 saturated carbocycles. The van der Waals surface area contributed by atoms with E-state index >= 15 is 0 Å². The Morgan fingerprint density at radius 3 is 2.54 bits per heavy atom. The van der Waals surface area contributed by atoms with Crippen molar-refractivity contribution in [3.8, 4) is 17.4 Å². The SMILES string of the molecule is COc1ccc2nccc(Oc3ccc(CS(=O)(=O)C4CC4)cc3)c2n1. The molecule has 0 radical (unpaired) electrons. The number of rotatable bonds is 6. The van der Waals surface area contributed by atoms with Crippen molar-refractivity contribution in [2.45, 2.75) is 23.8 Å². The van der Waals surface area contributed by atoms with Gasteiger partial charge in [-0.25, -0.2) is 13.4 Å². The van der Waals surface area contributed by atoms with E-state index in [9.17, 15) is 8.42 Å². The minimum atomic E-state index is -3.02. The van der Waals surface area contributed by atoms with Crippen LogP contribution in [-0.2, 0) is 15.6 Å². The van der Waals surface area contributed by atoms with Crippen molar-refractivity contribution in [1.29, 1.82) is 0 Å². The molecule has 0 N–H and O–H groups in total. The lowest BCUT2D eigenvalue weighted by Crippen LogP contribution is -2.09. The van der Waals surface area contributed by atoms with Gasteiger partial charge in [0.05, 0.1) is 23.6 Å². The first kappa shape index (κ1) is 16.8. The Kier molecular flexibility index (Phi) is 4.24. The Balaban J connectivity index is 1.56. The second-order valence-corrected chi connectivity index (χ2v) is 8.56. The van der Waals surface area contributed by atoms with Gasteiger partial charge in [0, 0.05) is 18.3 Å². The van der Waals surface area contributed by atoms with Gasteiger partial charge in [-0.1, -0.05) is 12.1 Å². The van der Waals surface area contributed by atoms with Gasteiger partial charge in [0.2, 0.25) is 5.88 Å². The van der Waals surface area contributed by atoms with E-state index in [2.05, 4.69) is 9.97 Å². The normalized spacial score (nSPS) is 14.3. The molecule has 1 fully saturated rings. The van der Waals surface area contributed by atoms with Crippen LogP contribution in [0.15, 0.2) is 48.7 Å². The van der Waals surface area contributed by atoms with Crippen LogP contribution in [0.2, 0.25) is 0 Å². The predicted molar refractivity (Wildman–Crippen MR) is 98.3 cm³/mol. The lowest BCUT2D eigenvalue weighted by molar-refractivity contribution is 0.399. The van der Waals surface area contributed by atoms with E-state index in [1.807, 2.05) is 6.07 Å². The van der Waals surface area contributed by atoms with E-state index in [1.54, 1.807) is 49.7 Å². The lowest BCUT2D eigenvalue weighted by atomic mass is 10.2. The summed E-state index contributed by atoms with van der Waals surface area (Å²) in [6.07, 6.45) is 3.23. The van der Waals surface area contributed by atoms with Crippen LogP contribution in [0.1, 0.15) is 18.4 Å². The topological polar surface area (TPSA) is 78.4 Å². The summed E-state index contributed by atoms with van der Waals surface area (Å²) < 4.78 is 35.3. The van der Waals surface area contributed by atoms with Crippen molar-refractivity contribution in [2.75, 3.05) is 7.11 Å². The summed E-state index contributed by atoms with van der Waals surface area (Å²) in [5.74, 6) is 1.73. The highest BCUT2D eigenvalue weighted by atomic mass is 32.2. The summed E-state index contributed by atoms with van der Waals surface area (Å²) in [6.45, 7) is 0. The van der Waals surface area contributed by atoms with Crippen molar-refractivity contribution < 1.29 is 17.9 Å². The molecule has 0 saturated heterocycles. The number of hydrogen-bond acceptors (Lipinski definition) is 6. The molecule has 0 atom stereocenters. The van der Waals surface area contributed by atoms with Gasteiger partial charge in [-0.05, 0) is 36.6 Å². The summed E-state index contributed by atoms with van der Waals surface area (Å²) in [6, 6.07) is 12.4. The molecule has 2 heterocycles. The number of nitrogens with zero attached hydrogens (tertiary/aromatic N) is 2. The molecule has 0 bridgehead atoms. The van der Waals surface area contributed by atoms with Crippen LogP contribution >= 0.6 is 0 Å². The molecular formula is C19H18N2O4S. The van der Waals surface area contributed by atoms with Crippen LogP contribution < -0.4 is 9.47 Å². The average molecular weight is 370 g/mol. The fourth-order valence-electron chi connectivity index (χ4n) is 2.74. The summed E-state index contributed by atoms with van der Waals surface area (Å²) in [5.41, 5.74) is 2.08. The molecule has 6 nitrogen and oxygen atoms in total. The van der Waals surface area contributed by atoms with E-state index in [-0.39, 0.29) is 11.0 Å². The van der Waals surface area contributed by atoms with Gasteiger partial charge in [0.1, 0.15) is 11.3 Å². The second-order valence-electron chi connectivity index (χ2n) is 6.28. The molecule has 134 valence electrons. The van der Waals surface area contributed by atoms with Gasteiger partial charge in [-0.2, -0.15) is 0 Å². The fourth-order valence-corrected chi connectivity index (χ4v) is 4.48. The number of sulfone groups is 1. The van der Waals surface area contributed by atoms with E-state index in [0.717, 1.165) is 18.4 Å².